The molecule has 2 heterocycles. The first-order valence-corrected chi connectivity index (χ1v) is 10.0. The number of aryl methyl sites for hydroxylation is 1. The second-order valence-electron chi connectivity index (χ2n) is 7.85. The molecule has 2 unspecified atom stereocenters. The maximum absolute atomic E-state index is 13.0. The molecule has 0 bridgehead atoms. The van der Waals surface area contributed by atoms with E-state index in [-0.39, 0.29) is 24.0 Å². The van der Waals surface area contributed by atoms with Crippen LogP contribution >= 0.6 is 0 Å². The molecule has 2 atom stereocenters. The topological polar surface area (TPSA) is 76.1 Å². The normalized spacial score (nSPS) is 22.3. The quantitative estimate of drug-likeness (QED) is 0.467. The summed E-state index contributed by atoms with van der Waals surface area (Å²) >= 11 is 0. The van der Waals surface area contributed by atoms with Gasteiger partial charge in [0.1, 0.15) is 17.6 Å². The van der Waals surface area contributed by atoms with Crippen LogP contribution < -0.4 is 4.74 Å². The molecule has 2 aliphatic rings. The number of Topliss-reactive ketones (excluding diaryl/α,β-unsaturated/α-hetero) is 1. The summed E-state index contributed by atoms with van der Waals surface area (Å²) in [5.74, 6) is -0.688. The number of likely N-dealkylation sites (tertiary alicyclic amines) is 1. The Morgan fingerprint density at radius 2 is 1.93 bits per heavy atom. The number of amides is 1. The lowest BCUT2D eigenvalue weighted by atomic mass is 9.94. The fourth-order valence-corrected chi connectivity index (χ4v) is 4.12. The highest BCUT2D eigenvalue weighted by Gasteiger charge is 2.45. The molecule has 1 N–H and O–H groups in total. The Morgan fingerprint density at radius 3 is 2.63 bits per heavy atom. The Balaban J connectivity index is 1.82. The van der Waals surface area contributed by atoms with Gasteiger partial charge in [-0.25, -0.2) is 0 Å². The number of carbonyl (C=O) groups excluding carboxylic acids is 2. The maximum atomic E-state index is 13.0. The Kier molecular flexibility index (Phi) is 5.35. The number of hydrogen-bond acceptors (Lipinski definition) is 5. The van der Waals surface area contributed by atoms with E-state index < -0.39 is 17.7 Å². The van der Waals surface area contributed by atoms with E-state index in [1.54, 1.807) is 19.2 Å². The highest BCUT2D eigenvalue weighted by molar-refractivity contribution is 6.46. The van der Waals surface area contributed by atoms with Crippen LogP contribution in [0.3, 0.4) is 0 Å². The van der Waals surface area contributed by atoms with Crippen LogP contribution in [0.15, 0.2) is 48.0 Å². The Morgan fingerprint density at radius 1 is 1.20 bits per heavy atom. The summed E-state index contributed by atoms with van der Waals surface area (Å²) in [6.07, 6.45) is 0.810. The van der Waals surface area contributed by atoms with Gasteiger partial charge in [-0.15, -0.1) is 0 Å². The SMILES string of the molecule is COCCN1C(=O)C(=O)C(=C(O)c2ccc3c(c2)CC(C)O3)C1c1ccc(C)cc1. The lowest BCUT2D eigenvalue weighted by Crippen LogP contribution is -2.32. The number of ketones is 1. The van der Waals surface area contributed by atoms with E-state index in [1.807, 2.05) is 44.2 Å². The molecule has 0 aliphatic carbocycles. The molecule has 6 heteroatoms. The molecule has 0 spiro atoms. The first kappa shape index (κ1) is 20.2. The molecule has 0 aromatic heterocycles. The fraction of sp³-hybridized carbons (Fsp3) is 0.333. The van der Waals surface area contributed by atoms with Crippen LogP contribution in [-0.4, -0.2) is 48.1 Å². The minimum atomic E-state index is -0.681. The number of ether oxygens (including phenoxy) is 2. The lowest BCUT2D eigenvalue weighted by molar-refractivity contribution is -0.140. The monoisotopic (exact) mass is 407 g/mol. The second-order valence-corrected chi connectivity index (χ2v) is 7.85. The Hall–Kier alpha value is -3.12. The molecule has 1 saturated heterocycles. The Bertz CT molecular complexity index is 1020. The molecular weight excluding hydrogens is 382 g/mol. The van der Waals surface area contributed by atoms with Gasteiger partial charge in [-0.1, -0.05) is 29.8 Å². The van der Waals surface area contributed by atoms with Crippen molar-refractivity contribution in [2.45, 2.75) is 32.4 Å². The summed E-state index contributed by atoms with van der Waals surface area (Å²) in [4.78, 5) is 27.2. The predicted molar refractivity (Wildman–Crippen MR) is 112 cm³/mol. The lowest BCUT2D eigenvalue weighted by Gasteiger charge is -2.25. The van der Waals surface area contributed by atoms with Gasteiger partial charge < -0.3 is 19.5 Å². The van der Waals surface area contributed by atoms with Crippen LogP contribution in [0, 0.1) is 6.92 Å². The minimum absolute atomic E-state index is 0.0737. The zero-order valence-electron chi connectivity index (χ0n) is 17.3. The zero-order valence-corrected chi connectivity index (χ0v) is 17.3. The number of fused-ring (bicyclic) bond motifs is 1. The average Bonchev–Trinajstić information content (AvgIpc) is 3.22. The molecule has 0 radical (unpaired) electrons. The smallest absolute Gasteiger partial charge is 0.295 e. The van der Waals surface area contributed by atoms with E-state index >= 15 is 0 Å². The van der Waals surface area contributed by atoms with Gasteiger partial charge in [0, 0.05) is 25.6 Å². The van der Waals surface area contributed by atoms with Gasteiger partial charge in [-0.3, -0.25) is 9.59 Å². The van der Waals surface area contributed by atoms with Gasteiger partial charge in [0.2, 0.25) is 0 Å². The highest BCUT2D eigenvalue weighted by atomic mass is 16.5. The summed E-state index contributed by atoms with van der Waals surface area (Å²) in [5, 5.41) is 11.1. The van der Waals surface area contributed by atoms with Crippen LogP contribution in [0.4, 0.5) is 0 Å². The largest absolute Gasteiger partial charge is 0.507 e. The van der Waals surface area contributed by atoms with Crippen LogP contribution in [0.2, 0.25) is 0 Å². The number of aliphatic hydroxyl groups excluding tert-OH is 1. The second kappa shape index (κ2) is 7.95. The number of rotatable bonds is 5. The molecule has 30 heavy (non-hydrogen) atoms. The standard InChI is InChI=1S/C24H25NO5/c1-14-4-6-16(7-5-14)21-20(23(27)24(28)25(21)10-11-29-3)22(26)17-8-9-19-18(13-17)12-15(2)30-19/h4-9,13,15,21,26H,10-12H2,1-3H3. The molecule has 2 aromatic carbocycles. The number of hydrogen-bond donors (Lipinski definition) is 1. The van der Waals surface area contributed by atoms with Crippen molar-refractivity contribution in [3.05, 3.63) is 70.3 Å². The molecule has 0 saturated carbocycles. The molecule has 1 fully saturated rings. The van der Waals surface area contributed by atoms with Crippen molar-refractivity contribution in [3.63, 3.8) is 0 Å². The van der Waals surface area contributed by atoms with Crippen molar-refractivity contribution in [2.24, 2.45) is 0 Å². The van der Waals surface area contributed by atoms with Crippen molar-refractivity contribution in [1.82, 2.24) is 4.90 Å². The van der Waals surface area contributed by atoms with Crippen molar-refractivity contribution in [2.75, 3.05) is 20.3 Å². The van der Waals surface area contributed by atoms with Gasteiger partial charge in [0.25, 0.3) is 11.7 Å². The van der Waals surface area contributed by atoms with E-state index in [0.29, 0.717) is 12.2 Å². The molecule has 2 aliphatic heterocycles. The van der Waals surface area contributed by atoms with Gasteiger partial charge in [-0.05, 0) is 43.2 Å². The van der Waals surface area contributed by atoms with Crippen LogP contribution in [0.1, 0.15) is 35.2 Å². The summed E-state index contributed by atoms with van der Waals surface area (Å²) in [5.41, 5.74) is 3.43. The van der Waals surface area contributed by atoms with E-state index in [4.69, 9.17) is 9.47 Å². The number of nitrogens with zero attached hydrogens (tertiary/aromatic N) is 1. The third-order valence-corrected chi connectivity index (χ3v) is 5.64. The molecule has 6 nitrogen and oxygen atoms in total. The van der Waals surface area contributed by atoms with Crippen molar-refractivity contribution < 1.29 is 24.2 Å². The fourth-order valence-electron chi connectivity index (χ4n) is 4.12. The number of aliphatic hydroxyl groups is 1. The highest BCUT2D eigenvalue weighted by Crippen LogP contribution is 2.40. The maximum Gasteiger partial charge on any atom is 0.295 e. The van der Waals surface area contributed by atoms with Gasteiger partial charge in [0.15, 0.2) is 0 Å². The van der Waals surface area contributed by atoms with Gasteiger partial charge >= 0.3 is 0 Å². The Labute approximate surface area is 175 Å². The summed E-state index contributed by atoms with van der Waals surface area (Å²) in [7, 11) is 1.55. The minimum Gasteiger partial charge on any atom is -0.507 e. The van der Waals surface area contributed by atoms with E-state index in [2.05, 4.69) is 0 Å². The number of benzene rings is 2. The zero-order chi connectivity index (χ0) is 21.4. The van der Waals surface area contributed by atoms with Crippen molar-refractivity contribution in [3.8, 4) is 5.75 Å². The molecular formula is C24H25NO5. The number of carbonyl (C=O) groups is 2. The average molecular weight is 407 g/mol. The first-order chi connectivity index (χ1) is 14.4. The van der Waals surface area contributed by atoms with Gasteiger partial charge in [-0.2, -0.15) is 0 Å². The number of methoxy groups -OCH3 is 1. The van der Waals surface area contributed by atoms with Crippen molar-refractivity contribution >= 4 is 17.4 Å². The summed E-state index contributed by atoms with van der Waals surface area (Å²) in [6, 6.07) is 12.3. The molecule has 156 valence electrons. The van der Waals surface area contributed by atoms with Crippen LogP contribution in [-0.2, 0) is 20.7 Å². The van der Waals surface area contributed by atoms with E-state index in [0.717, 1.165) is 28.9 Å². The van der Waals surface area contributed by atoms with E-state index in [1.165, 1.54) is 4.90 Å². The van der Waals surface area contributed by atoms with E-state index in [9.17, 15) is 14.7 Å². The third-order valence-electron chi connectivity index (χ3n) is 5.64. The first-order valence-electron chi connectivity index (χ1n) is 10.0. The molecule has 1 amide bonds. The van der Waals surface area contributed by atoms with Gasteiger partial charge in [0.05, 0.1) is 18.2 Å². The summed E-state index contributed by atoms with van der Waals surface area (Å²) in [6.45, 7) is 4.51. The van der Waals surface area contributed by atoms with Crippen LogP contribution in [0.25, 0.3) is 5.76 Å². The summed E-state index contributed by atoms with van der Waals surface area (Å²) < 4.78 is 10.9. The van der Waals surface area contributed by atoms with Crippen molar-refractivity contribution in [1.29, 1.82) is 0 Å². The predicted octanol–water partition coefficient (Wildman–Crippen LogP) is 3.39. The molecule has 4 rings (SSSR count). The molecule has 2 aromatic rings. The van der Waals surface area contributed by atoms with Crippen LogP contribution in [0.5, 0.6) is 5.75 Å². The third kappa shape index (κ3) is 3.48.